The molecule has 20 heavy (non-hydrogen) atoms. The first-order chi connectivity index (χ1) is 9.31. The van der Waals surface area contributed by atoms with E-state index in [0.29, 0.717) is 29.2 Å². The number of nitrogens with one attached hydrogen (secondary N) is 3. The SMILES string of the molecule is CNCCCC(=O)Nc1cc(NS(C)(=O)=O)ccc1Cl. The summed E-state index contributed by atoms with van der Waals surface area (Å²) >= 11 is 5.97. The van der Waals surface area contributed by atoms with E-state index in [-0.39, 0.29) is 5.91 Å². The van der Waals surface area contributed by atoms with Crippen LogP contribution < -0.4 is 15.4 Å². The van der Waals surface area contributed by atoms with Crippen molar-refractivity contribution in [3.05, 3.63) is 23.2 Å². The summed E-state index contributed by atoms with van der Waals surface area (Å²) in [5.74, 6) is -0.168. The Labute approximate surface area is 123 Å². The molecule has 0 bridgehead atoms. The van der Waals surface area contributed by atoms with Crippen molar-refractivity contribution in [2.45, 2.75) is 12.8 Å². The average Bonchev–Trinajstić information content (AvgIpc) is 2.32. The number of benzene rings is 1. The Morgan fingerprint density at radius 2 is 2.05 bits per heavy atom. The third kappa shape index (κ3) is 6.23. The predicted molar refractivity (Wildman–Crippen MR) is 81.7 cm³/mol. The van der Waals surface area contributed by atoms with Crippen LogP contribution in [0.25, 0.3) is 0 Å². The Hall–Kier alpha value is -1.31. The van der Waals surface area contributed by atoms with Gasteiger partial charge in [0.05, 0.1) is 22.7 Å². The summed E-state index contributed by atoms with van der Waals surface area (Å²) in [7, 11) is -1.55. The van der Waals surface area contributed by atoms with Crippen molar-refractivity contribution >= 4 is 38.9 Å². The van der Waals surface area contributed by atoms with E-state index in [1.54, 1.807) is 0 Å². The molecule has 112 valence electrons. The number of carbonyl (C=O) groups excluding carboxylic acids is 1. The number of amides is 1. The molecule has 0 saturated heterocycles. The first-order valence-corrected chi connectivity index (χ1v) is 8.30. The monoisotopic (exact) mass is 319 g/mol. The number of carbonyl (C=O) groups is 1. The number of sulfonamides is 1. The van der Waals surface area contributed by atoms with Gasteiger partial charge in [-0.1, -0.05) is 11.6 Å². The first-order valence-electron chi connectivity index (χ1n) is 6.03. The van der Waals surface area contributed by atoms with Gasteiger partial charge in [-0.3, -0.25) is 9.52 Å². The van der Waals surface area contributed by atoms with Crippen LogP contribution in [0, 0.1) is 0 Å². The van der Waals surface area contributed by atoms with Crippen molar-refractivity contribution in [1.82, 2.24) is 5.32 Å². The molecule has 0 atom stereocenters. The van der Waals surface area contributed by atoms with Gasteiger partial charge in [0.1, 0.15) is 0 Å². The zero-order chi connectivity index (χ0) is 15.2. The van der Waals surface area contributed by atoms with E-state index in [1.165, 1.54) is 18.2 Å². The minimum Gasteiger partial charge on any atom is -0.325 e. The van der Waals surface area contributed by atoms with Gasteiger partial charge < -0.3 is 10.6 Å². The average molecular weight is 320 g/mol. The van der Waals surface area contributed by atoms with Crippen LogP contribution >= 0.6 is 11.6 Å². The van der Waals surface area contributed by atoms with Crippen LogP contribution in [0.3, 0.4) is 0 Å². The van der Waals surface area contributed by atoms with Crippen molar-refractivity contribution in [3.8, 4) is 0 Å². The Bertz CT molecular complexity index is 575. The molecule has 3 N–H and O–H groups in total. The van der Waals surface area contributed by atoms with Crippen LogP contribution in [0.2, 0.25) is 5.02 Å². The zero-order valence-electron chi connectivity index (χ0n) is 11.4. The smallest absolute Gasteiger partial charge is 0.229 e. The Morgan fingerprint density at radius 1 is 1.35 bits per heavy atom. The van der Waals surface area contributed by atoms with Gasteiger partial charge in [0, 0.05) is 6.42 Å². The fourth-order valence-corrected chi connectivity index (χ4v) is 2.26. The maximum absolute atomic E-state index is 11.7. The lowest BCUT2D eigenvalue weighted by Gasteiger charge is -2.10. The Balaban J connectivity index is 2.74. The lowest BCUT2D eigenvalue weighted by Crippen LogP contribution is -2.16. The molecule has 0 aliphatic heterocycles. The van der Waals surface area contributed by atoms with E-state index in [4.69, 9.17) is 11.6 Å². The molecule has 0 saturated carbocycles. The fraction of sp³-hybridized carbons (Fsp3) is 0.417. The normalized spacial score (nSPS) is 11.2. The molecule has 0 aliphatic rings. The number of hydrogen-bond acceptors (Lipinski definition) is 4. The lowest BCUT2D eigenvalue weighted by molar-refractivity contribution is -0.116. The zero-order valence-corrected chi connectivity index (χ0v) is 12.9. The van der Waals surface area contributed by atoms with Crippen LogP contribution in [0.15, 0.2) is 18.2 Å². The van der Waals surface area contributed by atoms with Gasteiger partial charge in [-0.05, 0) is 38.2 Å². The molecular weight excluding hydrogens is 302 g/mol. The quantitative estimate of drug-likeness (QED) is 0.667. The summed E-state index contributed by atoms with van der Waals surface area (Å²) in [6, 6.07) is 4.54. The number of hydrogen-bond donors (Lipinski definition) is 3. The summed E-state index contributed by atoms with van der Waals surface area (Å²) in [4.78, 5) is 11.7. The molecule has 1 amide bonds. The number of anilines is 2. The Kier molecular flexibility index (Phi) is 6.25. The van der Waals surface area contributed by atoms with Gasteiger partial charge in [-0.25, -0.2) is 8.42 Å². The van der Waals surface area contributed by atoms with Crippen molar-refractivity contribution in [1.29, 1.82) is 0 Å². The Morgan fingerprint density at radius 3 is 2.65 bits per heavy atom. The van der Waals surface area contributed by atoms with Gasteiger partial charge in [0.15, 0.2) is 0 Å². The second-order valence-corrected chi connectivity index (χ2v) is 6.48. The molecule has 8 heteroatoms. The maximum Gasteiger partial charge on any atom is 0.229 e. The van der Waals surface area contributed by atoms with Crippen LogP contribution in [0.1, 0.15) is 12.8 Å². The molecular formula is C12H18ClN3O3S. The van der Waals surface area contributed by atoms with Crippen molar-refractivity contribution in [3.63, 3.8) is 0 Å². The number of halogens is 1. The summed E-state index contributed by atoms with van der Waals surface area (Å²) in [5.41, 5.74) is 0.734. The highest BCUT2D eigenvalue weighted by Gasteiger charge is 2.08. The van der Waals surface area contributed by atoms with Crippen LogP contribution in [-0.2, 0) is 14.8 Å². The third-order valence-corrected chi connectivity index (χ3v) is 3.31. The highest BCUT2D eigenvalue weighted by Crippen LogP contribution is 2.26. The number of rotatable bonds is 7. The van der Waals surface area contributed by atoms with Crippen molar-refractivity contribution in [2.24, 2.45) is 0 Å². The second kappa shape index (κ2) is 7.47. The summed E-state index contributed by atoms with van der Waals surface area (Å²) in [5, 5.41) is 5.96. The summed E-state index contributed by atoms with van der Waals surface area (Å²) in [6.07, 6.45) is 2.12. The van der Waals surface area contributed by atoms with E-state index in [1.807, 2.05) is 7.05 Å². The van der Waals surface area contributed by atoms with E-state index >= 15 is 0 Å². The van der Waals surface area contributed by atoms with Gasteiger partial charge in [-0.2, -0.15) is 0 Å². The topological polar surface area (TPSA) is 87.3 Å². The molecule has 1 aromatic rings. The van der Waals surface area contributed by atoms with E-state index in [9.17, 15) is 13.2 Å². The molecule has 0 aromatic heterocycles. The fourth-order valence-electron chi connectivity index (χ4n) is 1.54. The molecule has 6 nitrogen and oxygen atoms in total. The highest BCUT2D eigenvalue weighted by molar-refractivity contribution is 7.92. The molecule has 0 heterocycles. The molecule has 0 fully saturated rings. The van der Waals surface area contributed by atoms with E-state index in [0.717, 1.165) is 12.8 Å². The predicted octanol–water partition coefficient (Wildman–Crippen LogP) is 1.65. The molecule has 1 aromatic carbocycles. The van der Waals surface area contributed by atoms with Gasteiger partial charge in [-0.15, -0.1) is 0 Å². The molecule has 0 radical (unpaired) electrons. The molecule has 1 rings (SSSR count). The van der Waals surface area contributed by atoms with Crippen molar-refractivity contribution in [2.75, 3.05) is 29.9 Å². The molecule has 0 unspecified atom stereocenters. The first kappa shape index (κ1) is 16.7. The van der Waals surface area contributed by atoms with Crippen LogP contribution in [0.4, 0.5) is 11.4 Å². The van der Waals surface area contributed by atoms with Gasteiger partial charge in [0.25, 0.3) is 0 Å². The van der Waals surface area contributed by atoms with Gasteiger partial charge >= 0.3 is 0 Å². The summed E-state index contributed by atoms with van der Waals surface area (Å²) < 4.78 is 24.6. The maximum atomic E-state index is 11.7. The second-order valence-electron chi connectivity index (χ2n) is 4.32. The van der Waals surface area contributed by atoms with E-state index < -0.39 is 10.0 Å². The minimum absolute atomic E-state index is 0.168. The molecule has 0 aliphatic carbocycles. The van der Waals surface area contributed by atoms with Gasteiger partial charge in [0.2, 0.25) is 15.9 Å². The van der Waals surface area contributed by atoms with Crippen LogP contribution in [0.5, 0.6) is 0 Å². The summed E-state index contributed by atoms with van der Waals surface area (Å²) in [6.45, 7) is 0.747. The van der Waals surface area contributed by atoms with Crippen LogP contribution in [-0.4, -0.2) is 34.2 Å². The molecule has 0 spiro atoms. The standard InChI is InChI=1S/C12H18ClN3O3S/c1-14-7-3-4-12(17)15-11-8-9(5-6-10(11)13)16-20(2,18)19/h5-6,8,14,16H,3-4,7H2,1-2H3,(H,15,17). The largest absolute Gasteiger partial charge is 0.325 e. The lowest BCUT2D eigenvalue weighted by atomic mass is 10.2. The highest BCUT2D eigenvalue weighted by atomic mass is 35.5. The van der Waals surface area contributed by atoms with E-state index in [2.05, 4.69) is 15.4 Å². The van der Waals surface area contributed by atoms with Crippen molar-refractivity contribution < 1.29 is 13.2 Å². The minimum atomic E-state index is -3.37. The third-order valence-electron chi connectivity index (χ3n) is 2.37.